The van der Waals surface area contributed by atoms with Gasteiger partial charge in [-0.05, 0) is 56.2 Å². The van der Waals surface area contributed by atoms with Gasteiger partial charge in [0, 0.05) is 17.4 Å². The van der Waals surface area contributed by atoms with Crippen LogP contribution in [0.15, 0.2) is 42.5 Å². The maximum Gasteiger partial charge on any atom is 0.243 e. The van der Waals surface area contributed by atoms with E-state index < -0.39 is 0 Å². The van der Waals surface area contributed by atoms with Crippen LogP contribution >= 0.6 is 0 Å². The molecule has 1 amide bonds. The number of hydrogen-bond acceptors (Lipinski definition) is 3. The van der Waals surface area contributed by atoms with Crippen molar-refractivity contribution in [3.05, 3.63) is 53.6 Å². The molecule has 0 spiro atoms. The number of hydrogen-bond donors (Lipinski definition) is 2. The first kappa shape index (κ1) is 15.9. The minimum atomic E-state index is -0.0909. The lowest BCUT2D eigenvalue weighted by Crippen LogP contribution is -2.21. The largest absolute Gasteiger partial charge is 0.494 e. The zero-order valence-corrected chi connectivity index (χ0v) is 13.3. The molecule has 0 fully saturated rings. The van der Waals surface area contributed by atoms with Gasteiger partial charge in [0.2, 0.25) is 5.91 Å². The summed E-state index contributed by atoms with van der Waals surface area (Å²) in [5.74, 6) is 0.661. The van der Waals surface area contributed by atoms with Gasteiger partial charge in [0.25, 0.3) is 0 Å². The lowest BCUT2D eigenvalue weighted by Gasteiger charge is -2.10. The van der Waals surface area contributed by atoms with Crippen LogP contribution in [0, 0.1) is 13.8 Å². The molecule has 2 N–H and O–H groups in total. The molecule has 4 nitrogen and oxygen atoms in total. The number of carbonyl (C=O) groups excluding carboxylic acids is 1. The number of ether oxygens (including phenoxy) is 1. The Morgan fingerprint density at radius 2 is 1.86 bits per heavy atom. The van der Waals surface area contributed by atoms with E-state index in [1.54, 1.807) is 0 Å². The van der Waals surface area contributed by atoms with E-state index in [0.29, 0.717) is 6.61 Å². The quantitative estimate of drug-likeness (QED) is 0.854. The van der Waals surface area contributed by atoms with E-state index in [1.165, 1.54) is 11.1 Å². The van der Waals surface area contributed by atoms with Crippen molar-refractivity contribution < 1.29 is 9.53 Å². The minimum absolute atomic E-state index is 0.0909. The van der Waals surface area contributed by atoms with Crippen LogP contribution in [-0.4, -0.2) is 19.1 Å². The van der Waals surface area contributed by atoms with E-state index >= 15 is 0 Å². The first-order valence-corrected chi connectivity index (χ1v) is 7.42. The second-order valence-electron chi connectivity index (χ2n) is 5.16. The molecule has 22 heavy (non-hydrogen) atoms. The van der Waals surface area contributed by atoms with Gasteiger partial charge in [0.1, 0.15) is 5.75 Å². The van der Waals surface area contributed by atoms with Crippen molar-refractivity contribution in [1.82, 2.24) is 0 Å². The summed E-state index contributed by atoms with van der Waals surface area (Å²) in [6.07, 6.45) is 0. The molecule has 2 aromatic rings. The van der Waals surface area contributed by atoms with E-state index in [4.69, 9.17) is 4.74 Å². The highest BCUT2D eigenvalue weighted by Gasteiger charge is 2.04. The van der Waals surface area contributed by atoms with Crippen LogP contribution in [0.1, 0.15) is 18.1 Å². The zero-order chi connectivity index (χ0) is 15.9. The molecular formula is C18H22N2O2. The zero-order valence-electron chi connectivity index (χ0n) is 13.3. The van der Waals surface area contributed by atoms with Crippen LogP contribution in [0.2, 0.25) is 0 Å². The van der Waals surface area contributed by atoms with E-state index in [2.05, 4.69) is 24.5 Å². The average molecular weight is 298 g/mol. The summed E-state index contributed by atoms with van der Waals surface area (Å²) in [5.41, 5.74) is 4.12. The highest BCUT2D eigenvalue weighted by Crippen LogP contribution is 2.17. The Bertz CT molecular complexity index is 653. The van der Waals surface area contributed by atoms with Gasteiger partial charge in [-0.25, -0.2) is 0 Å². The number of nitrogens with one attached hydrogen (secondary N) is 2. The molecule has 4 heteroatoms. The van der Waals surface area contributed by atoms with Crippen LogP contribution in [-0.2, 0) is 4.79 Å². The van der Waals surface area contributed by atoms with Gasteiger partial charge in [0.05, 0.1) is 13.2 Å². The Labute approximate surface area is 131 Å². The van der Waals surface area contributed by atoms with Crippen molar-refractivity contribution >= 4 is 17.3 Å². The van der Waals surface area contributed by atoms with Gasteiger partial charge in [0.15, 0.2) is 0 Å². The molecule has 0 unspecified atom stereocenters. The van der Waals surface area contributed by atoms with Crippen molar-refractivity contribution in [3.8, 4) is 5.75 Å². The summed E-state index contributed by atoms with van der Waals surface area (Å²) in [6.45, 7) is 6.88. The third-order valence-corrected chi connectivity index (χ3v) is 3.39. The van der Waals surface area contributed by atoms with Gasteiger partial charge in [-0.2, -0.15) is 0 Å². The van der Waals surface area contributed by atoms with Crippen molar-refractivity contribution in [2.24, 2.45) is 0 Å². The highest BCUT2D eigenvalue weighted by atomic mass is 16.5. The van der Waals surface area contributed by atoms with Crippen LogP contribution in [0.4, 0.5) is 11.4 Å². The highest BCUT2D eigenvalue weighted by molar-refractivity contribution is 5.93. The number of anilines is 2. The van der Waals surface area contributed by atoms with E-state index in [9.17, 15) is 4.79 Å². The van der Waals surface area contributed by atoms with Gasteiger partial charge < -0.3 is 15.4 Å². The van der Waals surface area contributed by atoms with Gasteiger partial charge in [-0.3, -0.25) is 4.79 Å². The van der Waals surface area contributed by atoms with E-state index in [1.807, 2.05) is 49.4 Å². The molecule has 0 atom stereocenters. The molecule has 2 aromatic carbocycles. The fourth-order valence-electron chi connectivity index (χ4n) is 2.07. The Kier molecular flexibility index (Phi) is 5.42. The molecule has 0 saturated heterocycles. The summed E-state index contributed by atoms with van der Waals surface area (Å²) in [4.78, 5) is 12.0. The predicted molar refractivity (Wildman–Crippen MR) is 90.6 cm³/mol. The molecule has 116 valence electrons. The lowest BCUT2D eigenvalue weighted by atomic mass is 10.1. The molecule has 0 radical (unpaired) electrons. The van der Waals surface area contributed by atoms with Crippen molar-refractivity contribution in [2.75, 3.05) is 23.8 Å². The topological polar surface area (TPSA) is 50.4 Å². The Morgan fingerprint density at radius 1 is 1.05 bits per heavy atom. The lowest BCUT2D eigenvalue weighted by molar-refractivity contribution is -0.114. The normalized spacial score (nSPS) is 10.1. The predicted octanol–water partition coefficient (Wildman–Crippen LogP) is 3.75. The number of aryl methyl sites for hydroxylation is 2. The van der Waals surface area contributed by atoms with Crippen molar-refractivity contribution in [1.29, 1.82) is 0 Å². The van der Waals surface area contributed by atoms with E-state index in [0.717, 1.165) is 17.1 Å². The van der Waals surface area contributed by atoms with Crippen LogP contribution in [0.3, 0.4) is 0 Å². The molecule has 0 bridgehead atoms. The first-order valence-electron chi connectivity index (χ1n) is 7.42. The molecule has 2 rings (SSSR count). The summed E-state index contributed by atoms with van der Waals surface area (Å²) >= 11 is 0. The third-order valence-electron chi connectivity index (χ3n) is 3.39. The first-order chi connectivity index (χ1) is 10.6. The van der Waals surface area contributed by atoms with E-state index in [-0.39, 0.29) is 12.5 Å². The SMILES string of the molecule is CCOc1cccc(NC(=O)CNc2ccc(C)c(C)c2)c1. The Hall–Kier alpha value is -2.49. The van der Waals surface area contributed by atoms with Gasteiger partial charge >= 0.3 is 0 Å². The Morgan fingerprint density at radius 3 is 2.59 bits per heavy atom. The molecule has 0 saturated carbocycles. The molecule has 0 aliphatic carbocycles. The minimum Gasteiger partial charge on any atom is -0.494 e. The van der Waals surface area contributed by atoms with Crippen LogP contribution < -0.4 is 15.4 Å². The summed E-state index contributed by atoms with van der Waals surface area (Å²) in [6, 6.07) is 13.4. The van der Waals surface area contributed by atoms with Crippen LogP contribution in [0.5, 0.6) is 5.75 Å². The van der Waals surface area contributed by atoms with Crippen molar-refractivity contribution in [3.63, 3.8) is 0 Å². The summed E-state index contributed by atoms with van der Waals surface area (Å²) in [7, 11) is 0. The number of rotatable bonds is 6. The number of benzene rings is 2. The third kappa shape index (κ3) is 4.52. The summed E-state index contributed by atoms with van der Waals surface area (Å²) in [5, 5.41) is 5.98. The van der Waals surface area contributed by atoms with Crippen molar-refractivity contribution in [2.45, 2.75) is 20.8 Å². The summed E-state index contributed by atoms with van der Waals surface area (Å²) < 4.78 is 5.41. The Balaban J connectivity index is 1.90. The standard InChI is InChI=1S/C18H22N2O2/c1-4-22-17-7-5-6-16(11-17)20-18(21)12-19-15-9-8-13(2)14(3)10-15/h5-11,19H,4,12H2,1-3H3,(H,20,21). The maximum atomic E-state index is 12.0. The monoisotopic (exact) mass is 298 g/mol. The number of carbonyl (C=O) groups is 1. The van der Waals surface area contributed by atoms with Gasteiger partial charge in [-0.15, -0.1) is 0 Å². The molecule has 0 aromatic heterocycles. The second kappa shape index (κ2) is 7.50. The fraction of sp³-hybridized carbons (Fsp3) is 0.278. The van der Waals surface area contributed by atoms with Gasteiger partial charge in [-0.1, -0.05) is 12.1 Å². The molecule has 0 aliphatic heterocycles. The molecule has 0 heterocycles. The second-order valence-corrected chi connectivity index (χ2v) is 5.16. The number of amides is 1. The average Bonchev–Trinajstić information content (AvgIpc) is 2.49. The molecular weight excluding hydrogens is 276 g/mol. The maximum absolute atomic E-state index is 12.0. The smallest absolute Gasteiger partial charge is 0.243 e. The molecule has 0 aliphatic rings. The fourth-order valence-corrected chi connectivity index (χ4v) is 2.07. The van der Waals surface area contributed by atoms with Crippen LogP contribution in [0.25, 0.3) is 0 Å².